The fraction of sp³-hybridized carbons (Fsp3) is 0.636. The third-order valence-electron chi connectivity index (χ3n) is 5.30. The van der Waals surface area contributed by atoms with Crippen molar-refractivity contribution in [1.82, 2.24) is 10.2 Å². The van der Waals surface area contributed by atoms with Gasteiger partial charge in [0.05, 0.1) is 11.1 Å². The minimum Gasteiger partial charge on any atom is -0.444 e. The largest absolute Gasteiger partial charge is 0.444 e. The lowest BCUT2D eigenvalue weighted by molar-refractivity contribution is -0.137. The number of benzene rings is 1. The van der Waals surface area contributed by atoms with Crippen molar-refractivity contribution in [2.75, 3.05) is 13.1 Å². The Morgan fingerprint density at radius 3 is 2.29 bits per heavy atom. The number of piperidine rings is 1. The molecule has 0 aromatic heterocycles. The third-order valence-corrected chi connectivity index (χ3v) is 5.96. The van der Waals surface area contributed by atoms with E-state index >= 15 is 0 Å². The second-order valence-corrected chi connectivity index (χ2v) is 9.85. The number of alkyl halides is 3. The molecule has 0 unspecified atom stereocenters. The topological polar surface area (TPSA) is 58.6 Å². The summed E-state index contributed by atoms with van der Waals surface area (Å²) in [4.78, 5) is 26.9. The molecule has 0 aliphatic carbocycles. The Labute approximate surface area is 189 Å². The summed E-state index contributed by atoms with van der Waals surface area (Å²) in [7, 11) is 0. The van der Waals surface area contributed by atoms with E-state index in [4.69, 9.17) is 4.74 Å². The highest BCUT2D eigenvalue weighted by molar-refractivity contribution is 9.10. The number of carbonyl (C=O) groups is 2. The lowest BCUT2D eigenvalue weighted by atomic mass is 9.82. The lowest BCUT2D eigenvalue weighted by Crippen LogP contribution is -2.56. The van der Waals surface area contributed by atoms with Crippen molar-refractivity contribution in [2.45, 2.75) is 77.1 Å². The summed E-state index contributed by atoms with van der Waals surface area (Å²) in [6.45, 7) is 8.35. The van der Waals surface area contributed by atoms with E-state index in [1.54, 1.807) is 4.90 Å². The lowest BCUT2D eigenvalue weighted by Gasteiger charge is -2.42. The first-order valence-corrected chi connectivity index (χ1v) is 11.2. The Morgan fingerprint density at radius 1 is 1.19 bits per heavy atom. The second kappa shape index (κ2) is 9.79. The molecular formula is C22H30BrF3N2O3. The van der Waals surface area contributed by atoms with E-state index in [2.05, 4.69) is 28.2 Å². The number of hydrogen-bond donors (Lipinski definition) is 1. The van der Waals surface area contributed by atoms with E-state index in [1.807, 2.05) is 20.8 Å². The molecule has 9 heteroatoms. The average molecular weight is 507 g/mol. The molecule has 1 fully saturated rings. The van der Waals surface area contributed by atoms with Crippen molar-refractivity contribution in [1.29, 1.82) is 0 Å². The molecule has 2 amide bonds. The maximum atomic E-state index is 12.9. The number of amides is 2. The number of halogens is 4. The van der Waals surface area contributed by atoms with Gasteiger partial charge in [0.2, 0.25) is 0 Å². The average Bonchev–Trinajstić information content (AvgIpc) is 2.64. The summed E-state index contributed by atoms with van der Waals surface area (Å²) >= 11 is 3.10. The van der Waals surface area contributed by atoms with Crippen LogP contribution >= 0.6 is 15.9 Å². The minimum absolute atomic E-state index is 0.0941. The first-order chi connectivity index (χ1) is 14.3. The molecule has 1 heterocycles. The van der Waals surface area contributed by atoms with Crippen LogP contribution in [-0.2, 0) is 10.9 Å². The Balaban J connectivity index is 2.13. The number of nitrogens with zero attached hydrogens (tertiary/aromatic N) is 1. The van der Waals surface area contributed by atoms with Crippen LogP contribution in [0.25, 0.3) is 0 Å². The normalized spacial score (nSPS) is 16.7. The van der Waals surface area contributed by atoms with E-state index < -0.39 is 28.8 Å². The maximum Gasteiger partial charge on any atom is 0.416 e. The number of rotatable bonds is 5. The summed E-state index contributed by atoms with van der Waals surface area (Å²) in [6, 6.07) is 3.01. The Morgan fingerprint density at radius 2 is 1.81 bits per heavy atom. The van der Waals surface area contributed by atoms with Crippen LogP contribution in [0.4, 0.5) is 18.0 Å². The molecule has 1 aliphatic heterocycles. The number of likely N-dealkylation sites (tertiary alicyclic amines) is 1. The van der Waals surface area contributed by atoms with Crippen LogP contribution in [0.2, 0.25) is 0 Å². The molecule has 0 spiro atoms. The molecule has 1 aliphatic rings. The van der Waals surface area contributed by atoms with Crippen molar-refractivity contribution in [2.24, 2.45) is 0 Å². The van der Waals surface area contributed by atoms with E-state index in [1.165, 1.54) is 6.07 Å². The first-order valence-electron chi connectivity index (χ1n) is 10.4. The zero-order chi connectivity index (χ0) is 23.4. The summed E-state index contributed by atoms with van der Waals surface area (Å²) < 4.78 is 44.3. The number of unbranched alkanes of at least 4 members (excludes halogenated alkanes) is 1. The van der Waals surface area contributed by atoms with Gasteiger partial charge in [-0.15, -0.1) is 0 Å². The van der Waals surface area contributed by atoms with Gasteiger partial charge in [0.25, 0.3) is 5.91 Å². The summed E-state index contributed by atoms with van der Waals surface area (Å²) in [6.07, 6.45) is -1.19. The molecule has 0 radical (unpaired) electrons. The molecular weight excluding hydrogens is 477 g/mol. The third kappa shape index (κ3) is 7.12. The molecule has 1 saturated heterocycles. The van der Waals surface area contributed by atoms with Gasteiger partial charge >= 0.3 is 12.3 Å². The van der Waals surface area contributed by atoms with E-state index in [0.29, 0.717) is 25.9 Å². The van der Waals surface area contributed by atoms with Crippen LogP contribution < -0.4 is 5.32 Å². The highest BCUT2D eigenvalue weighted by atomic mass is 79.9. The Hall–Kier alpha value is -1.77. The summed E-state index contributed by atoms with van der Waals surface area (Å²) in [5.74, 6) is -0.428. The number of ether oxygens (including phenoxy) is 1. The summed E-state index contributed by atoms with van der Waals surface area (Å²) in [5, 5.41) is 3.06. The van der Waals surface area contributed by atoms with Crippen LogP contribution in [0, 0.1) is 0 Å². The minimum atomic E-state index is -4.48. The van der Waals surface area contributed by atoms with Gasteiger partial charge in [-0.3, -0.25) is 4.79 Å². The van der Waals surface area contributed by atoms with Gasteiger partial charge in [0, 0.05) is 23.1 Å². The maximum absolute atomic E-state index is 12.9. The van der Waals surface area contributed by atoms with Gasteiger partial charge in [-0.25, -0.2) is 4.79 Å². The second-order valence-electron chi connectivity index (χ2n) is 9.00. The fourth-order valence-corrected chi connectivity index (χ4v) is 4.14. The van der Waals surface area contributed by atoms with Crippen LogP contribution in [0.1, 0.15) is 75.7 Å². The molecule has 2 rings (SSSR count). The quantitative estimate of drug-likeness (QED) is 0.520. The molecule has 174 valence electrons. The highest BCUT2D eigenvalue weighted by Gasteiger charge is 2.38. The molecule has 1 N–H and O–H groups in total. The van der Waals surface area contributed by atoms with Crippen molar-refractivity contribution in [3.8, 4) is 0 Å². The number of carbonyl (C=O) groups excluding carboxylic acids is 2. The van der Waals surface area contributed by atoms with Gasteiger partial charge in [-0.1, -0.05) is 19.8 Å². The van der Waals surface area contributed by atoms with Crippen LogP contribution in [0.15, 0.2) is 22.7 Å². The van der Waals surface area contributed by atoms with Gasteiger partial charge in [0.15, 0.2) is 0 Å². The monoisotopic (exact) mass is 506 g/mol. The fourth-order valence-electron chi connectivity index (χ4n) is 3.58. The molecule has 0 saturated carbocycles. The van der Waals surface area contributed by atoms with Gasteiger partial charge in [-0.05, 0) is 74.2 Å². The number of nitrogens with one attached hydrogen (secondary N) is 1. The zero-order valence-electron chi connectivity index (χ0n) is 18.4. The zero-order valence-corrected chi connectivity index (χ0v) is 20.0. The Bertz CT molecular complexity index is 798. The van der Waals surface area contributed by atoms with Crippen LogP contribution in [0.3, 0.4) is 0 Å². The number of hydrogen-bond acceptors (Lipinski definition) is 3. The molecule has 5 nitrogen and oxygen atoms in total. The van der Waals surface area contributed by atoms with Crippen molar-refractivity contribution < 1.29 is 27.5 Å². The van der Waals surface area contributed by atoms with E-state index in [-0.39, 0.29) is 16.1 Å². The molecule has 1 aromatic rings. The van der Waals surface area contributed by atoms with Crippen LogP contribution in [-0.4, -0.2) is 41.1 Å². The van der Waals surface area contributed by atoms with E-state index in [0.717, 1.165) is 31.4 Å². The van der Waals surface area contributed by atoms with Crippen molar-refractivity contribution >= 4 is 27.9 Å². The van der Waals surface area contributed by atoms with Gasteiger partial charge < -0.3 is 15.0 Å². The summed E-state index contributed by atoms with van der Waals surface area (Å²) in [5.41, 5.74) is -1.77. The highest BCUT2D eigenvalue weighted by Crippen LogP contribution is 2.33. The predicted octanol–water partition coefficient (Wildman–Crippen LogP) is 6.16. The van der Waals surface area contributed by atoms with Crippen LogP contribution in [0.5, 0.6) is 0 Å². The standard InChI is InChI=1S/C22H30BrF3N2O3/c1-5-6-9-21(10-12-28(13-11-21)19(30)31-20(2,3)4)27-18(29)16-8-7-15(14-17(16)23)22(24,25)26/h7-8,14H,5-6,9-13H2,1-4H3,(H,27,29). The van der Waals surface area contributed by atoms with Gasteiger partial charge in [0.1, 0.15) is 5.60 Å². The molecule has 1 aromatic carbocycles. The van der Waals surface area contributed by atoms with Crippen molar-refractivity contribution in [3.05, 3.63) is 33.8 Å². The predicted molar refractivity (Wildman–Crippen MR) is 116 cm³/mol. The smallest absolute Gasteiger partial charge is 0.416 e. The van der Waals surface area contributed by atoms with Crippen molar-refractivity contribution in [3.63, 3.8) is 0 Å². The molecule has 0 atom stereocenters. The molecule has 31 heavy (non-hydrogen) atoms. The van der Waals surface area contributed by atoms with Gasteiger partial charge in [-0.2, -0.15) is 13.2 Å². The Kier molecular flexibility index (Phi) is 8.05. The SMILES string of the molecule is CCCCC1(NC(=O)c2ccc(C(F)(F)F)cc2Br)CCN(C(=O)OC(C)(C)C)CC1. The van der Waals surface area contributed by atoms with E-state index in [9.17, 15) is 22.8 Å². The first kappa shape index (κ1) is 25.5. The molecule has 0 bridgehead atoms.